The maximum absolute atomic E-state index is 11.2. The van der Waals surface area contributed by atoms with E-state index in [4.69, 9.17) is 5.73 Å². The second-order valence-electron chi connectivity index (χ2n) is 4.11. The van der Waals surface area contributed by atoms with E-state index in [-0.39, 0.29) is 30.3 Å². The Morgan fingerprint density at radius 3 is 2.21 bits per heavy atom. The largest absolute Gasteiger partial charge is 0.350 e. The van der Waals surface area contributed by atoms with Gasteiger partial charge in [0.1, 0.15) is 0 Å². The smallest absolute Gasteiger partial charge is 0.239 e. The van der Waals surface area contributed by atoms with Crippen molar-refractivity contribution in [2.45, 2.75) is 32.7 Å². The van der Waals surface area contributed by atoms with Crippen LogP contribution in [0.2, 0.25) is 0 Å². The van der Waals surface area contributed by atoms with Crippen molar-refractivity contribution in [1.29, 1.82) is 0 Å². The molecule has 0 fully saturated rings. The maximum atomic E-state index is 11.2. The molecule has 0 aliphatic heterocycles. The van der Waals surface area contributed by atoms with E-state index in [1.165, 1.54) is 0 Å². The average Bonchev–Trinajstić information content (AvgIpc) is 1.98. The highest BCUT2D eigenvalue weighted by molar-refractivity contribution is 5.85. The quantitative estimate of drug-likeness (QED) is 0.566. The van der Waals surface area contributed by atoms with Gasteiger partial charge in [0.05, 0.1) is 6.54 Å². The van der Waals surface area contributed by atoms with Crippen LogP contribution in [0, 0.1) is 0 Å². The Bertz CT molecular complexity index is 209. The van der Waals surface area contributed by atoms with Crippen LogP contribution in [0.25, 0.3) is 0 Å². The molecule has 82 valence electrons. The van der Waals surface area contributed by atoms with Gasteiger partial charge in [-0.3, -0.25) is 9.59 Å². The standard InChI is InChI=1S/C9H19N3O2/c1-9(2,3)12-8(14)6-11-7(13)4-5-10/h4-6,10H2,1-3H3,(H,11,13)(H,12,14). The predicted octanol–water partition coefficient (Wildman–Crippen LogP) is -0.634. The third-order valence-corrected chi connectivity index (χ3v) is 1.33. The van der Waals surface area contributed by atoms with Crippen LogP contribution in [0.3, 0.4) is 0 Å². The number of carbonyl (C=O) groups excluding carboxylic acids is 2. The summed E-state index contributed by atoms with van der Waals surface area (Å²) in [5, 5.41) is 5.21. The molecule has 4 N–H and O–H groups in total. The van der Waals surface area contributed by atoms with Gasteiger partial charge in [-0.1, -0.05) is 0 Å². The molecule has 0 radical (unpaired) electrons. The first-order valence-electron chi connectivity index (χ1n) is 4.63. The molecule has 0 aromatic carbocycles. The highest BCUT2D eigenvalue weighted by Crippen LogP contribution is 1.96. The fraction of sp³-hybridized carbons (Fsp3) is 0.778. The third-order valence-electron chi connectivity index (χ3n) is 1.33. The van der Waals surface area contributed by atoms with Crippen LogP contribution < -0.4 is 16.4 Å². The van der Waals surface area contributed by atoms with Crippen LogP contribution in [0.5, 0.6) is 0 Å². The van der Waals surface area contributed by atoms with Gasteiger partial charge in [0.2, 0.25) is 11.8 Å². The van der Waals surface area contributed by atoms with Gasteiger partial charge in [-0.15, -0.1) is 0 Å². The molecule has 2 amide bonds. The van der Waals surface area contributed by atoms with Gasteiger partial charge in [-0.25, -0.2) is 0 Å². The lowest BCUT2D eigenvalue weighted by atomic mass is 10.1. The van der Waals surface area contributed by atoms with E-state index >= 15 is 0 Å². The van der Waals surface area contributed by atoms with Gasteiger partial charge >= 0.3 is 0 Å². The molecule has 0 bridgehead atoms. The summed E-state index contributed by atoms with van der Waals surface area (Å²) in [6.07, 6.45) is 0.253. The van der Waals surface area contributed by atoms with E-state index in [9.17, 15) is 9.59 Å². The van der Waals surface area contributed by atoms with Crippen molar-refractivity contribution in [2.24, 2.45) is 5.73 Å². The summed E-state index contributed by atoms with van der Waals surface area (Å²) in [6.45, 7) is 5.95. The number of nitrogens with one attached hydrogen (secondary N) is 2. The number of amides is 2. The van der Waals surface area contributed by atoms with Crippen LogP contribution in [0.4, 0.5) is 0 Å². The molecule has 5 heteroatoms. The van der Waals surface area contributed by atoms with Crippen LogP contribution in [-0.4, -0.2) is 30.4 Å². The minimum absolute atomic E-state index is 0.0100. The van der Waals surface area contributed by atoms with E-state index in [0.717, 1.165) is 0 Å². The monoisotopic (exact) mass is 201 g/mol. The Balaban J connectivity index is 3.70. The fourth-order valence-electron chi connectivity index (χ4n) is 0.861. The maximum Gasteiger partial charge on any atom is 0.239 e. The summed E-state index contributed by atoms with van der Waals surface area (Å²) in [5.74, 6) is -0.389. The number of hydrogen-bond acceptors (Lipinski definition) is 3. The molecule has 0 aromatic heterocycles. The normalized spacial score (nSPS) is 10.9. The van der Waals surface area contributed by atoms with Crippen molar-refractivity contribution in [3.63, 3.8) is 0 Å². The Morgan fingerprint density at radius 1 is 1.21 bits per heavy atom. The van der Waals surface area contributed by atoms with Gasteiger partial charge < -0.3 is 16.4 Å². The van der Waals surface area contributed by atoms with E-state index < -0.39 is 0 Å². The van der Waals surface area contributed by atoms with Crippen LogP contribution in [0.1, 0.15) is 27.2 Å². The van der Waals surface area contributed by atoms with Gasteiger partial charge in [0.15, 0.2) is 0 Å². The molecule has 0 saturated heterocycles. The molecule has 0 aliphatic carbocycles. The first kappa shape index (κ1) is 12.9. The molecule has 0 aliphatic rings. The summed E-state index contributed by atoms with van der Waals surface area (Å²) in [6, 6.07) is 0. The summed E-state index contributed by atoms with van der Waals surface area (Å²) >= 11 is 0. The van der Waals surface area contributed by atoms with E-state index in [0.29, 0.717) is 6.54 Å². The minimum Gasteiger partial charge on any atom is -0.350 e. The predicted molar refractivity (Wildman–Crippen MR) is 54.6 cm³/mol. The first-order chi connectivity index (χ1) is 6.35. The number of rotatable bonds is 4. The Morgan fingerprint density at radius 2 is 1.79 bits per heavy atom. The molecular formula is C9H19N3O2. The summed E-state index contributed by atoms with van der Waals surface area (Å²) in [5.41, 5.74) is 4.91. The van der Waals surface area contributed by atoms with Gasteiger partial charge in [-0.05, 0) is 20.8 Å². The van der Waals surface area contributed by atoms with Crippen LogP contribution in [0.15, 0.2) is 0 Å². The van der Waals surface area contributed by atoms with Crippen LogP contribution in [-0.2, 0) is 9.59 Å². The number of carbonyl (C=O) groups is 2. The topological polar surface area (TPSA) is 84.2 Å². The number of hydrogen-bond donors (Lipinski definition) is 3. The van der Waals surface area contributed by atoms with Crippen molar-refractivity contribution in [3.8, 4) is 0 Å². The second-order valence-corrected chi connectivity index (χ2v) is 4.11. The zero-order chi connectivity index (χ0) is 11.2. The minimum atomic E-state index is -0.268. The molecular weight excluding hydrogens is 182 g/mol. The molecule has 0 heterocycles. The molecule has 0 unspecified atom stereocenters. The van der Waals surface area contributed by atoms with Crippen molar-refractivity contribution in [3.05, 3.63) is 0 Å². The van der Waals surface area contributed by atoms with Gasteiger partial charge in [0, 0.05) is 18.5 Å². The number of nitrogens with two attached hydrogens (primary N) is 1. The highest BCUT2D eigenvalue weighted by Gasteiger charge is 2.13. The summed E-state index contributed by atoms with van der Waals surface area (Å²) in [4.78, 5) is 22.2. The lowest BCUT2D eigenvalue weighted by Gasteiger charge is -2.20. The molecule has 0 atom stereocenters. The molecule has 0 rings (SSSR count). The summed E-state index contributed by atoms with van der Waals surface area (Å²) in [7, 11) is 0. The van der Waals surface area contributed by atoms with E-state index in [1.54, 1.807) is 0 Å². The van der Waals surface area contributed by atoms with Gasteiger partial charge in [-0.2, -0.15) is 0 Å². The van der Waals surface area contributed by atoms with E-state index in [1.807, 2.05) is 20.8 Å². The zero-order valence-corrected chi connectivity index (χ0v) is 9.02. The second kappa shape index (κ2) is 5.59. The molecule has 0 aromatic rings. The highest BCUT2D eigenvalue weighted by atomic mass is 16.2. The van der Waals surface area contributed by atoms with Crippen molar-refractivity contribution >= 4 is 11.8 Å². The Labute approximate surface area is 84.4 Å². The lowest BCUT2D eigenvalue weighted by Crippen LogP contribution is -2.46. The zero-order valence-electron chi connectivity index (χ0n) is 9.02. The van der Waals surface area contributed by atoms with Gasteiger partial charge in [0.25, 0.3) is 0 Å². The summed E-state index contributed by atoms with van der Waals surface area (Å²) < 4.78 is 0. The molecule has 5 nitrogen and oxygen atoms in total. The lowest BCUT2D eigenvalue weighted by molar-refractivity contribution is -0.126. The molecule has 0 saturated carbocycles. The molecule has 14 heavy (non-hydrogen) atoms. The van der Waals surface area contributed by atoms with Crippen molar-refractivity contribution in [2.75, 3.05) is 13.1 Å². The third kappa shape index (κ3) is 7.54. The van der Waals surface area contributed by atoms with Crippen molar-refractivity contribution in [1.82, 2.24) is 10.6 Å². The van der Waals surface area contributed by atoms with E-state index in [2.05, 4.69) is 10.6 Å². The Hall–Kier alpha value is -1.10. The average molecular weight is 201 g/mol. The SMILES string of the molecule is CC(C)(C)NC(=O)CNC(=O)CCN. The Kier molecular flexibility index (Phi) is 5.15. The van der Waals surface area contributed by atoms with Crippen molar-refractivity contribution < 1.29 is 9.59 Å². The van der Waals surface area contributed by atoms with Crippen LogP contribution >= 0.6 is 0 Å². The fourth-order valence-corrected chi connectivity index (χ4v) is 0.861. The first-order valence-corrected chi connectivity index (χ1v) is 4.63. The molecule has 0 spiro atoms.